The van der Waals surface area contributed by atoms with Crippen LogP contribution in [0.25, 0.3) is 0 Å². The van der Waals surface area contributed by atoms with E-state index in [9.17, 15) is 8.78 Å². The molecular weight excluding hydrogens is 236 g/mol. The van der Waals surface area contributed by atoms with Gasteiger partial charge in [-0.3, -0.25) is 4.90 Å². The highest BCUT2D eigenvalue weighted by Gasteiger charge is 2.77. The molecule has 1 spiro atoms. The fraction of sp³-hybridized carbons (Fsp3) is 1.00. The molecule has 4 heteroatoms. The summed E-state index contributed by atoms with van der Waals surface area (Å²) in [5.41, 5.74) is -1.01. The minimum Gasteiger partial charge on any atom is -0.374 e. The number of rotatable bonds is 2. The maximum absolute atomic E-state index is 13.6. The predicted molar refractivity (Wildman–Crippen MR) is 65.9 cm³/mol. The van der Waals surface area contributed by atoms with Crippen molar-refractivity contribution in [2.75, 3.05) is 19.7 Å². The van der Waals surface area contributed by atoms with E-state index < -0.39 is 11.3 Å². The summed E-state index contributed by atoms with van der Waals surface area (Å²) in [6.45, 7) is 8.23. The smallest absolute Gasteiger partial charge is 0.255 e. The Bertz CT molecular complexity index is 365. The average Bonchev–Trinajstić information content (AvgIpc) is 2.55. The molecule has 2 atom stereocenters. The van der Waals surface area contributed by atoms with Crippen LogP contribution in [0.1, 0.15) is 46.5 Å². The number of nitrogens with zero attached hydrogens (tertiary/aromatic N) is 1. The van der Waals surface area contributed by atoms with Crippen LogP contribution in [-0.4, -0.2) is 41.7 Å². The zero-order chi connectivity index (χ0) is 13.2. The first-order valence-electron chi connectivity index (χ1n) is 6.95. The van der Waals surface area contributed by atoms with Crippen LogP contribution in [0.15, 0.2) is 0 Å². The van der Waals surface area contributed by atoms with Crippen molar-refractivity contribution >= 4 is 0 Å². The lowest BCUT2D eigenvalue weighted by molar-refractivity contribution is -0.0529. The molecule has 3 aliphatic rings. The van der Waals surface area contributed by atoms with E-state index in [-0.39, 0.29) is 17.6 Å². The standard InChI is InChI=1S/C14H23F2NO/c1-11(2,3)18-10-13-5-4-6-17(13)9-12(7-13)8-14(12,15)16/h4-10H2,1-3H3/t12-,13-/m0/s1. The molecular formula is C14H23F2NO. The second-order valence-electron chi connectivity index (χ2n) is 7.49. The van der Waals surface area contributed by atoms with Gasteiger partial charge in [0.2, 0.25) is 0 Å². The van der Waals surface area contributed by atoms with Gasteiger partial charge in [-0.2, -0.15) is 0 Å². The first kappa shape index (κ1) is 12.8. The van der Waals surface area contributed by atoms with Gasteiger partial charge in [-0.05, 0) is 46.6 Å². The molecule has 104 valence electrons. The van der Waals surface area contributed by atoms with E-state index in [2.05, 4.69) is 4.90 Å². The van der Waals surface area contributed by atoms with Gasteiger partial charge in [0.1, 0.15) is 0 Å². The first-order chi connectivity index (χ1) is 8.18. The zero-order valence-electron chi connectivity index (χ0n) is 11.6. The Morgan fingerprint density at radius 1 is 1.22 bits per heavy atom. The third-order valence-electron chi connectivity index (χ3n) is 4.89. The summed E-state index contributed by atoms with van der Waals surface area (Å²) < 4.78 is 33.1. The molecule has 3 rings (SSSR count). The number of halogens is 2. The highest BCUT2D eigenvalue weighted by atomic mass is 19.3. The van der Waals surface area contributed by atoms with Crippen molar-refractivity contribution in [3.63, 3.8) is 0 Å². The molecule has 0 aromatic heterocycles. The quantitative estimate of drug-likeness (QED) is 0.755. The van der Waals surface area contributed by atoms with Crippen LogP contribution in [0.2, 0.25) is 0 Å². The molecule has 0 radical (unpaired) electrons. The number of hydrogen-bond acceptors (Lipinski definition) is 2. The monoisotopic (exact) mass is 259 g/mol. The van der Waals surface area contributed by atoms with Crippen LogP contribution >= 0.6 is 0 Å². The normalized spacial score (nSPS) is 42.5. The molecule has 0 aromatic rings. The van der Waals surface area contributed by atoms with Gasteiger partial charge in [-0.15, -0.1) is 0 Å². The Balaban J connectivity index is 1.74. The molecule has 2 heterocycles. The number of fused-ring (bicyclic) bond motifs is 1. The summed E-state index contributed by atoms with van der Waals surface area (Å²) in [5, 5.41) is 0. The summed E-state index contributed by atoms with van der Waals surface area (Å²) >= 11 is 0. The average molecular weight is 259 g/mol. The summed E-state index contributed by atoms with van der Waals surface area (Å²) in [6.07, 6.45) is 2.85. The molecule has 1 saturated carbocycles. The summed E-state index contributed by atoms with van der Waals surface area (Å²) in [5.74, 6) is -2.42. The van der Waals surface area contributed by atoms with Gasteiger partial charge in [0.25, 0.3) is 5.92 Å². The Kier molecular flexibility index (Phi) is 2.46. The van der Waals surface area contributed by atoms with Crippen molar-refractivity contribution in [3.05, 3.63) is 0 Å². The maximum atomic E-state index is 13.6. The maximum Gasteiger partial charge on any atom is 0.255 e. The van der Waals surface area contributed by atoms with Crippen molar-refractivity contribution in [3.8, 4) is 0 Å². The predicted octanol–water partition coefficient (Wildman–Crippen LogP) is 3.07. The van der Waals surface area contributed by atoms with E-state index in [1.54, 1.807) is 0 Å². The highest BCUT2D eigenvalue weighted by molar-refractivity contribution is 5.22. The lowest BCUT2D eigenvalue weighted by Crippen LogP contribution is -2.44. The minimum atomic E-state index is -2.42. The molecule has 0 bridgehead atoms. The number of ether oxygens (including phenoxy) is 1. The van der Waals surface area contributed by atoms with Crippen molar-refractivity contribution in [1.82, 2.24) is 4.90 Å². The number of alkyl halides is 2. The van der Waals surface area contributed by atoms with Gasteiger partial charge in [0.15, 0.2) is 0 Å². The lowest BCUT2D eigenvalue weighted by Gasteiger charge is -2.34. The van der Waals surface area contributed by atoms with E-state index >= 15 is 0 Å². The van der Waals surface area contributed by atoms with Crippen LogP contribution < -0.4 is 0 Å². The summed E-state index contributed by atoms with van der Waals surface area (Å²) in [4.78, 5) is 2.28. The SMILES string of the molecule is CC(C)(C)OC[C@@]12CCCN1C[C@@]1(CC1(F)F)C2. The van der Waals surface area contributed by atoms with Crippen LogP contribution in [-0.2, 0) is 4.74 Å². The van der Waals surface area contributed by atoms with Crippen molar-refractivity contribution in [2.24, 2.45) is 5.41 Å². The van der Waals surface area contributed by atoms with Crippen LogP contribution in [0.4, 0.5) is 8.78 Å². The van der Waals surface area contributed by atoms with Gasteiger partial charge >= 0.3 is 0 Å². The largest absolute Gasteiger partial charge is 0.374 e. The van der Waals surface area contributed by atoms with Gasteiger partial charge in [0, 0.05) is 18.5 Å². The molecule has 0 aromatic carbocycles. The van der Waals surface area contributed by atoms with E-state index in [1.807, 2.05) is 20.8 Å². The molecule has 2 saturated heterocycles. The molecule has 18 heavy (non-hydrogen) atoms. The second kappa shape index (κ2) is 3.45. The molecule has 2 nitrogen and oxygen atoms in total. The molecule has 0 N–H and O–H groups in total. The molecule has 0 unspecified atom stereocenters. The van der Waals surface area contributed by atoms with Gasteiger partial charge in [-0.1, -0.05) is 0 Å². The Morgan fingerprint density at radius 3 is 2.44 bits per heavy atom. The van der Waals surface area contributed by atoms with E-state index in [1.165, 1.54) is 0 Å². The molecule has 3 fully saturated rings. The first-order valence-corrected chi connectivity index (χ1v) is 6.95. The topological polar surface area (TPSA) is 12.5 Å². The van der Waals surface area contributed by atoms with E-state index in [0.29, 0.717) is 19.6 Å². The van der Waals surface area contributed by atoms with E-state index in [0.717, 1.165) is 19.4 Å². The highest BCUT2D eigenvalue weighted by Crippen LogP contribution is 2.69. The van der Waals surface area contributed by atoms with Crippen LogP contribution in [0.5, 0.6) is 0 Å². The van der Waals surface area contributed by atoms with Crippen molar-refractivity contribution in [1.29, 1.82) is 0 Å². The Morgan fingerprint density at radius 2 is 1.89 bits per heavy atom. The van der Waals surface area contributed by atoms with Crippen molar-refractivity contribution < 1.29 is 13.5 Å². The van der Waals surface area contributed by atoms with Crippen LogP contribution in [0, 0.1) is 5.41 Å². The number of hydrogen-bond donors (Lipinski definition) is 0. The fourth-order valence-electron chi connectivity index (χ4n) is 3.80. The Hall–Kier alpha value is -0.220. The second-order valence-corrected chi connectivity index (χ2v) is 7.49. The molecule has 1 aliphatic carbocycles. The zero-order valence-corrected chi connectivity index (χ0v) is 11.6. The van der Waals surface area contributed by atoms with Gasteiger partial charge in [-0.25, -0.2) is 8.78 Å². The Labute approximate surface area is 108 Å². The lowest BCUT2D eigenvalue weighted by atomic mass is 9.88. The van der Waals surface area contributed by atoms with Crippen LogP contribution in [0.3, 0.4) is 0 Å². The third kappa shape index (κ3) is 1.80. The van der Waals surface area contributed by atoms with E-state index in [4.69, 9.17) is 4.74 Å². The molecule has 2 aliphatic heterocycles. The molecule has 0 amide bonds. The summed E-state index contributed by atoms with van der Waals surface area (Å²) in [6, 6.07) is 0. The minimum absolute atomic E-state index is 0.0910. The van der Waals surface area contributed by atoms with Gasteiger partial charge in [0.05, 0.1) is 17.6 Å². The van der Waals surface area contributed by atoms with Crippen molar-refractivity contribution in [2.45, 2.75) is 63.5 Å². The van der Waals surface area contributed by atoms with Gasteiger partial charge < -0.3 is 4.74 Å². The summed E-state index contributed by atoms with van der Waals surface area (Å²) in [7, 11) is 0. The third-order valence-corrected chi connectivity index (χ3v) is 4.89. The fourth-order valence-corrected chi connectivity index (χ4v) is 3.80.